The maximum absolute atomic E-state index is 14.2. The summed E-state index contributed by atoms with van der Waals surface area (Å²) in [7, 11) is 4.26. The van der Waals surface area contributed by atoms with Crippen molar-refractivity contribution >= 4 is 29.2 Å². The van der Waals surface area contributed by atoms with Gasteiger partial charge in [-0.25, -0.2) is 0 Å². The molecule has 1 aliphatic carbocycles. The van der Waals surface area contributed by atoms with E-state index in [1.54, 1.807) is 32.9 Å². The molecule has 0 saturated carbocycles. The fourth-order valence-electron chi connectivity index (χ4n) is 7.56. The van der Waals surface area contributed by atoms with Crippen LogP contribution in [0.4, 0.5) is 0 Å². The molecule has 5 rings (SSSR count). The summed E-state index contributed by atoms with van der Waals surface area (Å²) in [6, 6.07) is 0. The molecule has 4 aliphatic rings. The summed E-state index contributed by atoms with van der Waals surface area (Å²) < 4.78 is 29.3. The zero-order valence-electron chi connectivity index (χ0n) is 34.1. The van der Waals surface area contributed by atoms with E-state index in [9.17, 15) is 34.5 Å². The Labute approximate surface area is 328 Å². The number of hydrogen-bond acceptors (Lipinski definition) is 13. The Morgan fingerprint density at radius 2 is 1.66 bits per heavy atom. The zero-order chi connectivity index (χ0) is 41.8. The number of aliphatic imine (C=N–C) groups is 1. The zero-order valence-corrected chi connectivity index (χ0v) is 34.1. The number of esters is 1. The average molecular weight is 781 g/mol. The van der Waals surface area contributed by atoms with E-state index < -0.39 is 83.1 Å². The van der Waals surface area contributed by atoms with Gasteiger partial charge in [0.15, 0.2) is 5.76 Å². The summed E-state index contributed by atoms with van der Waals surface area (Å²) in [5.74, 6) is -7.01. The van der Waals surface area contributed by atoms with Crippen LogP contribution in [0.5, 0.6) is 11.5 Å². The minimum atomic E-state index is -1.80. The first kappa shape index (κ1) is 44.1. The first-order chi connectivity index (χ1) is 26.4. The van der Waals surface area contributed by atoms with E-state index in [4.69, 9.17) is 23.7 Å². The highest BCUT2D eigenvalue weighted by molar-refractivity contribution is 6.33. The van der Waals surface area contributed by atoms with E-state index in [1.807, 2.05) is 19.1 Å². The van der Waals surface area contributed by atoms with Gasteiger partial charge in [-0.1, -0.05) is 58.1 Å². The maximum atomic E-state index is 14.2. The number of fused-ring (bicyclic) bond motifs is 17. The fourth-order valence-corrected chi connectivity index (χ4v) is 7.56. The lowest BCUT2D eigenvalue weighted by Gasteiger charge is -2.38. The summed E-state index contributed by atoms with van der Waals surface area (Å²) in [5.41, 5.74) is -0.170. The summed E-state index contributed by atoms with van der Waals surface area (Å²) in [5, 5.41) is 36.8. The number of benzene rings is 1. The molecule has 1 aromatic rings. The lowest BCUT2D eigenvalue weighted by Crippen LogP contribution is -2.46. The summed E-state index contributed by atoms with van der Waals surface area (Å²) in [4.78, 5) is 58.4. The van der Waals surface area contributed by atoms with Crippen LogP contribution >= 0.6 is 0 Å². The Balaban J connectivity index is 1.79. The molecule has 9 atom stereocenters. The Hall–Kier alpha value is -4.63. The molecule has 1 aromatic carbocycles. The van der Waals surface area contributed by atoms with Crippen molar-refractivity contribution in [2.75, 3.05) is 27.9 Å². The number of Topliss-reactive ketones (excluding diaryl/α,β-unsaturated/α-hetero) is 2. The monoisotopic (exact) mass is 780 g/mol. The quantitative estimate of drug-likeness (QED) is 0.245. The standard InChI is InChI=1S/C42H56N2O12/c1-20-16-15-17-21(2)41(51)44-32-36(49)29-28(31(43-9)39(32)53-11)30-38(25(6)35(29)48)56-42(8,40(30)50)54-19-14-12-13-18-27(52-10)22(3)37(55-26(7)45)24(5)34(47)23(4)33(20)46/h13,15-18,20,22-24,27,33-34,37,46-48H,12,14,19H2,1-11H3,(H,44,51)/t20-,22+,23+,24+,27-,33-,34+,37+,42-/m0/s1. The second kappa shape index (κ2) is 18.1. The molecule has 4 N–H and O–H groups in total. The number of phenolic OH excluding ortho intramolecular Hbond substituents is 1. The van der Waals surface area contributed by atoms with Crippen LogP contribution in [0.25, 0.3) is 0 Å². The number of allylic oxidation sites excluding steroid dienone is 5. The van der Waals surface area contributed by atoms with Gasteiger partial charge in [-0.2, -0.15) is 0 Å². The lowest BCUT2D eigenvalue weighted by atomic mass is 9.78. The Kier molecular flexibility index (Phi) is 14.2. The van der Waals surface area contributed by atoms with E-state index in [-0.39, 0.29) is 57.4 Å². The summed E-state index contributed by atoms with van der Waals surface area (Å²) >= 11 is 0. The molecule has 0 aromatic heterocycles. The number of phenols is 1. The molecular weight excluding hydrogens is 724 g/mol. The second-order valence-electron chi connectivity index (χ2n) is 14.9. The summed E-state index contributed by atoms with van der Waals surface area (Å²) in [6.07, 6.45) is 6.11. The van der Waals surface area contributed by atoms with E-state index >= 15 is 0 Å². The molecule has 1 amide bonds. The third kappa shape index (κ3) is 8.53. The molecule has 14 nitrogen and oxygen atoms in total. The van der Waals surface area contributed by atoms with Crippen LogP contribution in [0, 0.1) is 30.6 Å². The number of ketones is 2. The molecule has 0 radical (unpaired) electrons. The van der Waals surface area contributed by atoms with Crippen LogP contribution in [0.3, 0.4) is 0 Å². The Bertz CT molecular complexity index is 1880. The number of hydrogen-bond donors (Lipinski definition) is 4. The molecule has 0 spiro atoms. The van der Waals surface area contributed by atoms with Crippen LogP contribution in [0.1, 0.15) is 93.2 Å². The number of ether oxygens (including phenoxy) is 5. The highest BCUT2D eigenvalue weighted by atomic mass is 16.7. The van der Waals surface area contributed by atoms with E-state index in [1.165, 1.54) is 55.0 Å². The van der Waals surface area contributed by atoms with Gasteiger partial charge in [0.25, 0.3) is 11.7 Å². The molecule has 3 heterocycles. The lowest BCUT2D eigenvalue weighted by molar-refractivity contribution is -0.160. The van der Waals surface area contributed by atoms with E-state index in [2.05, 4.69) is 10.3 Å². The van der Waals surface area contributed by atoms with Gasteiger partial charge in [-0.3, -0.25) is 24.2 Å². The summed E-state index contributed by atoms with van der Waals surface area (Å²) in [6.45, 7) is 13.0. The number of aliphatic hydroxyl groups excluding tert-OH is 2. The molecule has 0 saturated heterocycles. The van der Waals surface area contributed by atoms with Gasteiger partial charge in [0, 0.05) is 68.4 Å². The van der Waals surface area contributed by atoms with Crippen molar-refractivity contribution < 1.29 is 58.2 Å². The van der Waals surface area contributed by atoms with Crippen LogP contribution in [0.2, 0.25) is 0 Å². The van der Waals surface area contributed by atoms with Crippen LogP contribution in [-0.2, 0) is 28.5 Å². The fraction of sp³-hybridized carbons (Fsp3) is 0.548. The largest absolute Gasteiger partial charge is 0.507 e. The van der Waals surface area contributed by atoms with E-state index in [0.29, 0.717) is 12.8 Å². The highest BCUT2D eigenvalue weighted by Gasteiger charge is 2.52. The van der Waals surface area contributed by atoms with Crippen LogP contribution < -0.4 is 10.1 Å². The normalized spacial score (nSPS) is 31.6. The predicted molar refractivity (Wildman–Crippen MR) is 207 cm³/mol. The molecule has 0 unspecified atom stereocenters. The van der Waals surface area contributed by atoms with Gasteiger partial charge in [-0.05, 0) is 26.7 Å². The van der Waals surface area contributed by atoms with Crippen molar-refractivity contribution in [2.45, 2.75) is 98.4 Å². The van der Waals surface area contributed by atoms with Gasteiger partial charge < -0.3 is 44.3 Å². The van der Waals surface area contributed by atoms with Gasteiger partial charge >= 0.3 is 5.97 Å². The molecule has 3 aliphatic heterocycles. The number of nitrogens with one attached hydrogen (secondary N) is 1. The molecule has 0 fully saturated rings. The number of nitrogens with zero attached hydrogens (tertiary/aromatic N) is 1. The second-order valence-corrected chi connectivity index (χ2v) is 14.9. The van der Waals surface area contributed by atoms with Gasteiger partial charge in [0.1, 0.15) is 29.0 Å². The topological polar surface area (TPSA) is 200 Å². The van der Waals surface area contributed by atoms with Gasteiger partial charge in [-0.15, -0.1) is 0 Å². The van der Waals surface area contributed by atoms with Crippen molar-refractivity contribution in [3.8, 4) is 11.5 Å². The van der Waals surface area contributed by atoms with Crippen LogP contribution in [-0.4, -0.2) is 103 Å². The first-order valence-corrected chi connectivity index (χ1v) is 18.8. The number of methoxy groups -OCH3 is 2. The van der Waals surface area contributed by atoms with Gasteiger partial charge in [0.05, 0.1) is 43.2 Å². The number of rotatable bonds is 3. The van der Waals surface area contributed by atoms with Crippen LogP contribution in [0.15, 0.2) is 52.4 Å². The third-order valence-electron chi connectivity index (χ3n) is 11.0. The molecule has 306 valence electrons. The van der Waals surface area contributed by atoms with Crippen molar-refractivity contribution in [1.29, 1.82) is 0 Å². The number of aliphatic hydroxyl groups is 2. The maximum Gasteiger partial charge on any atom is 0.302 e. The smallest absolute Gasteiger partial charge is 0.302 e. The number of carbonyl (C=O) groups is 4. The van der Waals surface area contributed by atoms with Crippen molar-refractivity contribution in [3.05, 3.63) is 69.7 Å². The molecule has 56 heavy (non-hydrogen) atoms. The molecule has 14 heteroatoms. The van der Waals surface area contributed by atoms with Gasteiger partial charge in [0.2, 0.25) is 11.6 Å². The van der Waals surface area contributed by atoms with Crippen molar-refractivity contribution in [2.24, 2.45) is 28.7 Å². The van der Waals surface area contributed by atoms with E-state index in [0.717, 1.165) is 0 Å². The van der Waals surface area contributed by atoms with Crippen molar-refractivity contribution in [3.63, 3.8) is 0 Å². The highest BCUT2D eigenvalue weighted by Crippen LogP contribution is 2.48. The molecular formula is C42H56N2O12. The Morgan fingerprint density at radius 1 is 0.982 bits per heavy atom. The minimum absolute atomic E-state index is 0.00521. The average Bonchev–Trinajstić information content (AvgIpc) is 3.43. The van der Waals surface area contributed by atoms with Crippen molar-refractivity contribution in [1.82, 2.24) is 5.32 Å². The first-order valence-electron chi connectivity index (χ1n) is 18.8. The molecule has 5 bridgehead atoms. The predicted octanol–water partition coefficient (Wildman–Crippen LogP) is 4.66. The third-order valence-corrected chi connectivity index (χ3v) is 11.0. The SMILES string of the molecule is CN=C1C(OC)=C2NC(=O)C(C)=CC=C[C@H](C)[C@H](O)[C@@H](C)[C@@H](O)[C@@H](C)[C@H](OC(C)=O)[C@H](C)[C@@H](OC)C=CCCCO[C@@]3(C)Oc4c(C)c(O)c(c1c4C3=O)C2=O. The minimum Gasteiger partial charge on any atom is -0.507 e. The number of amides is 1. The number of carbonyl (C=O) groups excluding carboxylic acids is 4. The number of aromatic hydroxyl groups is 1. The Morgan fingerprint density at radius 3 is 2.27 bits per heavy atom.